The monoisotopic (exact) mass is 322 g/mol. The molecule has 3 rings (SSSR count). The van der Waals surface area contributed by atoms with Crippen LogP contribution in [0.1, 0.15) is 79.1 Å². The van der Waals surface area contributed by atoms with Crippen LogP contribution in [-0.4, -0.2) is 40.8 Å². The fourth-order valence-corrected chi connectivity index (χ4v) is 4.89. The fourth-order valence-electron chi connectivity index (χ4n) is 4.89. The zero-order chi connectivity index (χ0) is 16.6. The van der Waals surface area contributed by atoms with Crippen molar-refractivity contribution in [2.75, 3.05) is 0 Å². The van der Waals surface area contributed by atoms with Crippen molar-refractivity contribution in [1.29, 1.82) is 0 Å². The first kappa shape index (κ1) is 17.1. The van der Waals surface area contributed by atoms with Crippen molar-refractivity contribution < 1.29 is 9.53 Å². The summed E-state index contributed by atoms with van der Waals surface area (Å²) >= 11 is 0. The van der Waals surface area contributed by atoms with Crippen LogP contribution >= 0.6 is 0 Å². The highest BCUT2D eigenvalue weighted by Crippen LogP contribution is 2.37. The minimum Gasteiger partial charge on any atom is -0.444 e. The number of hydrogen-bond donors (Lipinski definition) is 1. The molecule has 132 valence electrons. The van der Waals surface area contributed by atoms with Gasteiger partial charge in [0.25, 0.3) is 0 Å². The molecular weight excluding hydrogens is 288 g/mol. The molecular formula is C19H34N2O2. The third kappa shape index (κ3) is 4.01. The maximum absolute atomic E-state index is 12.5. The van der Waals surface area contributed by atoms with Crippen molar-refractivity contribution in [2.24, 2.45) is 5.92 Å². The highest BCUT2D eigenvalue weighted by Gasteiger charge is 2.45. The Morgan fingerprint density at radius 3 is 2.17 bits per heavy atom. The molecule has 3 aliphatic rings. The van der Waals surface area contributed by atoms with Crippen molar-refractivity contribution in [1.82, 2.24) is 10.2 Å². The molecule has 2 bridgehead atoms. The molecule has 1 saturated carbocycles. The molecule has 0 aromatic rings. The minimum absolute atomic E-state index is 0.104. The normalized spacial score (nSPS) is 33.0. The number of amides is 1. The third-order valence-electron chi connectivity index (χ3n) is 5.94. The Morgan fingerprint density at radius 2 is 1.65 bits per heavy atom. The molecule has 4 nitrogen and oxygen atoms in total. The maximum Gasteiger partial charge on any atom is 0.410 e. The van der Waals surface area contributed by atoms with Crippen molar-refractivity contribution in [3.05, 3.63) is 0 Å². The molecule has 3 atom stereocenters. The highest BCUT2D eigenvalue weighted by atomic mass is 16.6. The zero-order valence-corrected chi connectivity index (χ0v) is 15.3. The van der Waals surface area contributed by atoms with Gasteiger partial charge in [-0.2, -0.15) is 0 Å². The lowest BCUT2D eigenvalue weighted by Crippen LogP contribution is -2.54. The van der Waals surface area contributed by atoms with Crippen LogP contribution in [0.3, 0.4) is 0 Å². The van der Waals surface area contributed by atoms with E-state index in [1.165, 1.54) is 25.7 Å². The first-order valence-corrected chi connectivity index (χ1v) is 9.61. The average molecular weight is 322 g/mol. The second-order valence-electron chi connectivity index (χ2n) is 8.94. The van der Waals surface area contributed by atoms with E-state index in [9.17, 15) is 4.79 Å². The largest absolute Gasteiger partial charge is 0.444 e. The van der Waals surface area contributed by atoms with Crippen molar-refractivity contribution in [3.8, 4) is 0 Å². The smallest absolute Gasteiger partial charge is 0.410 e. The number of nitrogens with zero attached hydrogens (tertiary/aromatic N) is 1. The van der Waals surface area contributed by atoms with E-state index < -0.39 is 5.60 Å². The van der Waals surface area contributed by atoms with Crippen molar-refractivity contribution in [2.45, 2.75) is 109 Å². The van der Waals surface area contributed by atoms with Crippen LogP contribution in [-0.2, 0) is 4.74 Å². The van der Waals surface area contributed by atoms with Crippen molar-refractivity contribution >= 4 is 6.09 Å². The van der Waals surface area contributed by atoms with Gasteiger partial charge in [0.2, 0.25) is 0 Å². The van der Waals surface area contributed by atoms with Crippen LogP contribution in [0.2, 0.25) is 0 Å². The van der Waals surface area contributed by atoms with E-state index in [1.54, 1.807) is 0 Å². The molecule has 0 spiro atoms. The summed E-state index contributed by atoms with van der Waals surface area (Å²) in [7, 11) is 0. The van der Waals surface area contributed by atoms with E-state index in [2.05, 4.69) is 12.2 Å². The Morgan fingerprint density at radius 1 is 1.09 bits per heavy atom. The van der Waals surface area contributed by atoms with Gasteiger partial charge in [-0.3, -0.25) is 0 Å². The predicted octanol–water partition coefficient (Wildman–Crippen LogP) is 4.09. The second kappa shape index (κ2) is 6.62. The number of carbonyl (C=O) groups excluding carboxylic acids is 1. The summed E-state index contributed by atoms with van der Waals surface area (Å²) in [5.74, 6) is 0.858. The van der Waals surface area contributed by atoms with Gasteiger partial charge in [0.05, 0.1) is 0 Å². The van der Waals surface area contributed by atoms with Gasteiger partial charge in [-0.15, -0.1) is 0 Å². The third-order valence-corrected chi connectivity index (χ3v) is 5.94. The lowest BCUT2D eigenvalue weighted by molar-refractivity contribution is 0.00406. The molecule has 3 fully saturated rings. The molecule has 1 aliphatic carbocycles. The van der Waals surface area contributed by atoms with Gasteiger partial charge in [-0.25, -0.2) is 4.79 Å². The molecule has 1 N–H and O–H groups in total. The molecule has 2 saturated heterocycles. The van der Waals surface area contributed by atoms with Gasteiger partial charge < -0.3 is 15.0 Å². The second-order valence-corrected chi connectivity index (χ2v) is 8.94. The Kier molecular flexibility index (Phi) is 4.91. The summed E-state index contributed by atoms with van der Waals surface area (Å²) in [6.07, 6.45) is 9.93. The Bertz CT molecular complexity index is 412. The first-order chi connectivity index (χ1) is 10.8. The summed E-state index contributed by atoms with van der Waals surface area (Å²) in [4.78, 5) is 14.5. The summed E-state index contributed by atoms with van der Waals surface area (Å²) in [5.41, 5.74) is -0.400. The Hall–Kier alpha value is -0.770. The summed E-state index contributed by atoms with van der Waals surface area (Å²) in [6.45, 7) is 8.21. The van der Waals surface area contributed by atoms with Crippen LogP contribution in [0.4, 0.5) is 4.79 Å². The number of nitrogens with one attached hydrogen (secondary N) is 1. The van der Waals surface area contributed by atoms with E-state index in [1.807, 2.05) is 25.7 Å². The standard InChI is InChI=1S/C19H34N2O2/c1-13(14-7-5-6-8-14)20-15-11-16-9-10-17(12-15)21(16)18(22)23-19(2,3)4/h13-17,20H,5-12H2,1-4H3/t13-,15?,16?,17?/m0/s1. The topological polar surface area (TPSA) is 41.6 Å². The lowest BCUT2D eigenvalue weighted by Gasteiger charge is -2.41. The number of carbonyl (C=O) groups is 1. The quantitative estimate of drug-likeness (QED) is 0.851. The minimum atomic E-state index is -0.400. The molecule has 1 amide bonds. The molecule has 0 aromatic heterocycles. The highest BCUT2D eigenvalue weighted by molar-refractivity contribution is 5.69. The van der Waals surface area contributed by atoms with Crippen molar-refractivity contribution in [3.63, 3.8) is 0 Å². The van der Waals surface area contributed by atoms with E-state index in [0.29, 0.717) is 24.2 Å². The predicted molar refractivity (Wildman–Crippen MR) is 92.5 cm³/mol. The van der Waals surface area contributed by atoms with Gasteiger partial charge in [-0.1, -0.05) is 12.8 Å². The van der Waals surface area contributed by atoms with Gasteiger partial charge in [0.15, 0.2) is 0 Å². The molecule has 23 heavy (non-hydrogen) atoms. The summed E-state index contributed by atoms with van der Waals surface area (Å²) < 4.78 is 5.62. The maximum atomic E-state index is 12.5. The van der Waals surface area contributed by atoms with E-state index in [-0.39, 0.29) is 6.09 Å². The van der Waals surface area contributed by atoms with Gasteiger partial charge in [-0.05, 0) is 72.1 Å². The summed E-state index contributed by atoms with van der Waals surface area (Å²) in [6, 6.07) is 1.94. The molecule has 0 aromatic carbocycles. The van der Waals surface area contributed by atoms with Gasteiger partial charge in [0.1, 0.15) is 5.60 Å². The fraction of sp³-hybridized carbons (Fsp3) is 0.947. The van der Waals surface area contributed by atoms with Crippen LogP contribution < -0.4 is 5.32 Å². The Balaban J connectivity index is 1.55. The molecule has 2 unspecified atom stereocenters. The molecule has 4 heteroatoms. The van der Waals surface area contributed by atoms with Crippen LogP contribution in [0.25, 0.3) is 0 Å². The van der Waals surface area contributed by atoms with Crippen LogP contribution in [0.15, 0.2) is 0 Å². The van der Waals surface area contributed by atoms with Gasteiger partial charge in [0, 0.05) is 24.2 Å². The lowest BCUT2D eigenvalue weighted by atomic mass is 9.93. The summed E-state index contributed by atoms with van der Waals surface area (Å²) in [5, 5.41) is 3.89. The Labute approximate surface area is 141 Å². The number of piperidine rings is 1. The number of ether oxygens (including phenoxy) is 1. The molecule has 0 radical (unpaired) electrons. The molecule has 2 heterocycles. The number of fused-ring (bicyclic) bond motifs is 2. The van der Waals surface area contributed by atoms with E-state index >= 15 is 0 Å². The average Bonchev–Trinajstić information content (AvgIpc) is 3.04. The van der Waals surface area contributed by atoms with Crippen LogP contribution in [0.5, 0.6) is 0 Å². The number of hydrogen-bond acceptors (Lipinski definition) is 3. The van der Waals surface area contributed by atoms with E-state index in [4.69, 9.17) is 4.74 Å². The van der Waals surface area contributed by atoms with E-state index in [0.717, 1.165) is 31.6 Å². The van der Waals surface area contributed by atoms with Gasteiger partial charge >= 0.3 is 6.09 Å². The first-order valence-electron chi connectivity index (χ1n) is 9.61. The molecule has 2 aliphatic heterocycles. The number of rotatable bonds is 3. The zero-order valence-electron chi connectivity index (χ0n) is 15.3. The van der Waals surface area contributed by atoms with Crippen LogP contribution in [0, 0.1) is 5.92 Å². The SMILES string of the molecule is C[C@H](NC1CC2CCC(C1)N2C(=O)OC(C)(C)C)C1CCCC1.